The van der Waals surface area contributed by atoms with Crippen LogP contribution in [0.2, 0.25) is 0 Å². The van der Waals surface area contributed by atoms with Gasteiger partial charge in [-0.15, -0.1) is 24.0 Å². The molecule has 0 aliphatic carbocycles. The van der Waals surface area contributed by atoms with Crippen LogP contribution in [0.3, 0.4) is 0 Å². The van der Waals surface area contributed by atoms with E-state index < -0.39 is 0 Å². The van der Waals surface area contributed by atoms with Crippen molar-refractivity contribution in [3.8, 4) is 11.5 Å². The van der Waals surface area contributed by atoms with Crippen LogP contribution in [0, 0.1) is 0 Å². The Balaban J connectivity index is 0.00000320. The van der Waals surface area contributed by atoms with Crippen molar-refractivity contribution in [3.05, 3.63) is 53.6 Å². The van der Waals surface area contributed by atoms with Gasteiger partial charge >= 0.3 is 0 Å². The third kappa shape index (κ3) is 7.05. The van der Waals surface area contributed by atoms with E-state index in [0.29, 0.717) is 24.9 Å². The number of nitrogens with zero attached hydrogens (tertiary/aromatic N) is 2. The van der Waals surface area contributed by atoms with Gasteiger partial charge in [-0.25, -0.2) is 0 Å². The van der Waals surface area contributed by atoms with Crippen LogP contribution in [0.5, 0.6) is 11.5 Å². The molecule has 1 aliphatic heterocycles. The molecule has 164 valence electrons. The molecule has 0 aromatic heterocycles. The predicted molar refractivity (Wildman–Crippen MR) is 134 cm³/mol. The summed E-state index contributed by atoms with van der Waals surface area (Å²) in [5.41, 5.74) is 3.49. The van der Waals surface area contributed by atoms with Crippen LogP contribution >= 0.6 is 24.0 Å². The molecule has 0 radical (unpaired) electrons. The van der Waals surface area contributed by atoms with E-state index in [4.69, 9.17) is 9.47 Å². The Kier molecular flexibility index (Phi) is 10.2. The normalized spacial score (nSPS) is 14.2. The summed E-state index contributed by atoms with van der Waals surface area (Å²) in [4.78, 5) is 6.84. The van der Waals surface area contributed by atoms with Crippen LogP contribution in [0.15, 0.2) is 47.5 Å². The lowest BCUT2D eigenvalue weighted by Gasteiger charge is -2.16. The molecule has 1 saturated heterocycles. The molecule has 6 nitrogen and oxygen atoms in total. The van der Waals surface area contributed by atoms with E-state index >= 15 is 0 Å². The van der Waals surface area contributed by atoms with Crippen molar-refractivity contribution in [2.24, 2.45) is 4.99 Å². The average molecular weight is 524 g/mol. The predicted octanol–water partition coefficient (Wildman–Crippen LogP) is 4.50. The van der Waals surface area contributed by atoms with Crippen molar-refractivity contribution in [3.63, 3.8) is 0 Å². The molecule has 0 saturated carbocycles. The fraction of sp³-hybridized carbons (Fsp3) is 0.435. The van der Waals surface area contributed by atoms with Crippen molar-refractivity contribution in [2.75, 3.05) is 39.2 Å². The Morgan fingerprint density at radius 1 is 1.03 bits per heavy atom. The van der Waals surface area contributed by atoms with Crippen molar-refractivity contribution in [1.82, 2.24) is 10.2 Å². The molecule has 1 heterocycles. The van der Waals surface area contributed by atoms with E-state index in [1.54, 1.807) is 14.2 Å². The molecular formula is C23H33IN4O2. The molecule has 3 rings (SSSR count). The summed E-state index contributed by atoms with van der Waals surface area (Å²) in [5.74, 6) is 2.14. The Bertz CT molecular complexity index is 805. The molecule has 7 heteroatoms. The molecule has 2 aromatic carbocycles. The van der Waals surface area contributed by atoms with E-state index in [9.17, 15) is 0 Å². The maximum atomic E-state index is 5.64. The number of nitrogens with one attached hydrogen (secondary N) is 2. The highest BCUT2D eigenvalue weighted by Crippen LogP contribution is 2.30. The highest BCUT2D eigenvalue weighted by atomic mass is 127. The Morgan fingerprint density at radius 2 is 1.73 bits per heavy atom. The smallest absolute Gasteiger partial charge is 0.195 e. The summed E-state index contributed by atoms with van der Waals surface area (Å²) in [6.07, 6.45) is 2.66. The van der Waals surface area contributed by atoms with E-state index in [2.05, 4.69) is 44.8 Å². The molecule has 1 fully saturated rings. The van der Waals surface area contributed by atoms with Gasteiger partial charge < -0.3 is 20.1 Å². The quantitative estimate of drug-likeness (QED) is 0.303. The molecule has 2 aromatic rings. The number of likely N-dealkylation sites (tertiary alicyclic amines) is 1. The van der Waals surface area contributed by atoms with Crippen molar-refractivity contribution in [2.45, 2.75) is 32.9 Å². The molecule has 0 unspecified atom stereocenters. The SMILES string of the molecule is CCOc1cc(NC(=NC)NCc2ccc(CN3CCCC3)cc2)ccc1OC.I. The number of hydrogen-bond acceptors (Lipinski definition) is 4. The van der Waals surface area contributed by atoms with Crippen molar-refractivity contribution in [1.29, 1.82) is 0 Å². The largest absolute Gasteiger partial charge is 0.493 e. The van der Waals surface area contributed by atoms with Gasteiger partial charge in [-0.3, -0.25) is 9.89 Å². The number of halogens is 1. The maximum absolute atomic E-state index is 5.64. The second kappa shape index (κ2) is 12.6. The fourth-order valence-corrected chi connectivity index (χ4v) is 3.49. The summed E-state index contributed by atoms with van der Waals surface area (Å²) in [6, 6.07) is 14.6. The topological polar surface area (TPSA) is 58.1 Å². The first-order valence-corrected chi connectivity index (χ1v) is 10.3. The van der Waals surface area contributed by atoms with Crippen molar-refractivity contribution < 1.29 is 9.47 Å². The lowest BCUT2D eigenvalue weighted by molar-refractivity contribution is 0.311. The first-order valence-electron chi connectivity index (χ1n) is 10.3. The number of benzene rings is 2. The molecule has 0 spiro atoms. The molecule has 1 aliphatic rings. The van der Waals surface area contributed by atoms with Gasteiger partial charge in [-0.1, -0.05) is 24.3 Å². The van der Waals surface area contributed by atoms with Crippen molar-refractivity contribution >= 4 is 35.6 Å². The van der Waals surface area contributed by atoms with Crippen LogP contribution in [-0.4, -0.2) is 44.7 Å². The number of hydrogen-bond donors (Lipinski definition) is 2. The van der Waals surface area contributed by atoms with Gasteiger partial charge in [0.05, 0.1) is 13.7 Å². The summed E-state index contributed by atoms with van der Waals surface area (Å²) >= 11 is 0. The minimum Gasteiger partial charge on any atom is -0.493 e. The number of rotatable bonds is 8. The first-order chi connectivity index (χ1) is 14.2. The van der Waals surface area contributed by atoms with Gasteiger partial charge in [0.25, 0.3) is 0 Å². The lowest BCUT2D eigenvalue weighted by atomic mass is 10.1. The maximum Gasteiger partial charge on any atom is 0.195 e. The van der Waals surface area contributed by atoms with Crippen LogP contribution < -0.4 is 20.1 Å². The molecule has 0 bridgehead atoms. The van der Waals surface area contributed by atoms with E-state index in [1.165, 1.54) is 37.1 Å². The second-order valence-corrected chi connectivity index (χ2v) is 7.15. The zero-order valence-electron chi connectivity index (χ0n) is 18.1. The monoisotopic (exact) mass is 524 g/mol. The molecule has 0 atom stereocenters. The van der Waals surface area contributed by atoms with Crippen LogP contribution in [-0.2, 0) is 13.1 Å². The first kappa shape index (κ1) is 24.3. The Hall–Kier alpha value is -2.00. The number of guanidine groups is 1. The summed E-state index contributed by atoms with van der Waals surface area (Å²) < 4.78 is 11.0. The zero-order valence-corrected chi connectivity index (χ0v) is 20.4. The molecular weight excluding hydrogens is 491 g/mol. The minimum absolute atomic E-state index is 0. The van der Waals surface area contributed by atoms with Crippen LogP contribution in [0.1, 0.15) is 30.9 Å². The third-order valence-electron chi connectivity index (χ3n) is 5.04. The number of anilines is 1. The zero-order chi connectivity index (χ0) is 20.5. The minimum atomic E-state index is 0. The summed E-state index contributed by atoms with van der Waals surface area (Å²) in [6.45, 7) is 6.75. The standard InChI is InChI=1S/C23H32N4O2.HI/c1-4-29-22-15-20(11-12-21(22)28-3)26-23(24-2)25-16-18-7-9-19(10-8-18)17-27-13-5-6-14-27;/h7-12,15H,4-6,13-14,16-17H2,1-3H3,(H2,24,25,26);1H. The fourth-order valence-electron chi connectivity index (χ4n) is 3.49. The van der Waals surface area contributed by atoms with Gasteiger partial charge in [0, 0.05) is 31.9 Å². The number of ether oxygens (including phenoxy) is 2. The van der Waals surface area contributed by atoms with Gasteiger partial charge in [-0.05, 0) is 56.1 Å². The lowest BCUT2D eigenvalue weighted by Crippen LogP contribution is -2.30. The molecule has 30 heavy (non-hydrogen) atoms. The van der Waals surface area contributed by atoms with Gasteiger partial charge in [-0.2, -0.15) is 0 Å². The highest BCUT2D eigenvalue weighted by molar-refractivity contribution is 14.0. The number of aliphatic imine (C=N–C) groups is 1. The Morgan fingerprint density at radius 3 is 2.37 bits per heavy atom. The van der Waals surface area contributed by atoms with Crippen LogP contribution in [0.25, 0.3) is 0 Å². The van der Waals surface area contributed by atoms with E-state index in [-0.39, 0.29) is 24.0 Å². The molecule has 2 N–H and O–H groups in total. The third-order valence-corrected chi connectivity index (χ3v) is 5.04. The highest BCUT2D eigenvalue weighted by Gasteiger charge is 2.11. The van der Waals surface area contributed by atoms with Crippen LogP contribution in [0.4, 0.5) is 5.69 Å². The van der Waals surface area contributed by atoms with Gasteiger partial charge in [0.15, 0.2) is 17.5 Å². The average Bonchev–Trinajstić information content (AvgIpc) is 3.25. The summed E-state index contributed by atoms with van der Waals surface area (Å²) in [5, 5.41) is 6.67. The Labute approximate surface area is 197 Å². The molecule has 0 amide bonds. The van der Waals surface area contributed by atoms with E-state index in [0.717, 1.165) is 18.0 Å². The summed E-state index contributed by atoms with van der Waals surface area (Å²) in [7, 11) is 3.41. The number of methoxy groups -OCH3 is 1. The van der Waals surface area contributed by atoms with Gasteiger partial charge in [0.2, 0.25) is 0 Å². The second-order valence-electron chi connectivity index (χ2n) is 7.15. The van der Waals surface area contributed by atoms with E-state index in [1.807, 2.05) is 25.1 Å². The van der Waals surface area contributed by atoms with Gasteiger partial charge in [0.1, 0.15) is 0 Å².